The van der Waals surface area contributed by atoms with E-state index >= 15 is 0 Å². The van der Waals surface area contributed by atoms with Crippen LogP contribution in [0, 0.1) is 29.5 Å². The van der Waals surface area contributed by atoms with Gasteiger partial charge < -0.3 is 20.3 Å². The fourth-order valence-corrected chi connectivity index (χ4v) is 5.48. The molecule has 2 aromatic heterocycles. The predicted octanol–water partition coefficient (Wildman–Crippen LogP) is 6.16. The second-order valence-electron chi connectivity index (χ2n) is 10.1. The van der Waals surface area contributed by atoms with E-state index in [0.29, 0.717) is 22.4 Å². The molecule has 0 atom stereocenters. The van der Waals surface area contributed by atoms with Gasteiger partial charge in [0.2, 0.25) is 0 Å². The van der Waals surface area contributed by atoms with E-state index in [1.54, 1.807) is 31.5 Å². The van der Waals surface area contributed by atoms with Gasteiger partial charge in [0.05, 0.1) is 17.0 Å². The van der Waals surface area contributed by atoms with Crippen molar-refractivity contribution < 1.29 is 8.96 Å². The largest absolute Gasteiger partial charge is 0.398 e. The van der Waals surface area contributed by atoms with E-state index in [2.05, 4.69) is 6.07 Å². The highest BCUT2D eigenvalue weighted by molar-refractivity contribution is 7.69. The highest BCUT2D eigenvalue weighted by Crippen LogP contribution is 2.46. The van der Waals surface area contributed by atoms with E-state index in [-0.39, 0.29) is 12.2 Å². The van der Waals surface area contributed by atoms with Crippen LogP contribution in [0.25, 0.3) is 27.7 Å². The number of anilines is 1. The molecule has 0 bridgehead atoms. The first-order valence-electron chi connectivity index (χ1n) is 11.5. The highest BCUT2D eigenvalue weighted by Gasteiger charge is 2.33. The summed E-state index contributed by atoms with van der Waals surface area (Å²) in [6.07, 6.45) is 1.44. The van der Waals surface area contributed by atoms with Gasteiger partial charge in [0.15, 0.2) is 0 Å². The van der Waals surface area contributed by atoms with Gasteiger partial charge in [0, 0.05) is 62.9 Å². The van der Waals surface area contributed by atoms with E-state index in [4.69, 9.17) is 16.1 Å². The van der Waals surface area contributed by atoms with Gasteiger partial charge in [-0.15, -0.1) is 0 Å². The molecule has 0 aliphatic rings. The van der Waals surface area contributed by atoms with Crippen molar-refractivity contribution in [3.63, 3.8) is 0 Å². The van der Waals surface area contributed by atoms with Crippen molar-refractivity contribution >= 4 is 35.4 Å². The molecule has 2 aromatic carbocycles. The van der Waals surface area contributed by atoms with Crippen molar-refractivity contribution in [2.24, 2.45) is 0 Å². The number of rotatable bonds is 6. The second kappa shape index (κ2) is 9.04. The van der Waals surface area contributed by atoms with Crippen molar-refractivity contribution in [2.75, 3.05) is 19.1 Å². The predicted molar refractivity (Wildman–Crippen MR) is 146 cm³/mol. The van der Waals surface area contributed by atoms with Crippen LogP contribution >= 0.6 is 7.14 Å². The summed E-state index contributed by atoms with van der Waals surface area (Å²) in [6, 6.07) is 15.9. The van der Waals surface area contributed by atoms with E-state index in [1.807, 2.05) is 43.5 Å². The number of nitriles is 1. The van der Waals surface area contributed by atoms with Crippen LogP contribution in [0.3, 0.4) is 0 Å². The van der Waals surface area contributed by atoms with Crippen LogP contribution in [0.5, 0.6) is 0 Å². The zero-order valence-electron chi connectivity index (χ0n) is 21.1. The molecule has 0 saturated carbocycles. The monoisotopic (exact) mass is 501 g/mol. The molecule has 2 heterocycles. The number of benzene rings is 2. The lowest BCUT2D eigenvalue weighted by Crippen LogP contribution is -2.22. The normalized spacial score (nSPS) is 12.0. The van der Waals surface area contributed by atoms with E-state index in [0.717, 1.165) is 33.4 Å². The number of nitrogens with one attached hydrogen (secondary N) is 1. The van der Waals surface area contributed by atoms with Crippen LogP contribution in [0.4, 0.5) is 10.1 Å². The fourth-order valence-electron chi connectivity index (χ4n) is 4.66. The summed E-state index contributed by atoms with van der Waals surface area (Å²) in [7, 11) is -2.57. The molecule has 184 valence electrons. The first-order chi connectivity index (χ1) is 16.9. The average molecular weight is 502 g/mol. The van der Waals surface area contributed by atoms with Gasteiger partial charge in [-0.05, 0) is 62.7 Å². The summed E-state index contributed by atoms with van der Waals surface area (Å²) in [4.78, 5) is 4.69. The van der Waals surface area contributed by atoms with Gasteiger partial charge in [0.25, 0.3) is 0 Å². The summed E-state index contributed by atoms with van der Waals surface area (Å²) < 4.78 is 28.6. The molecular formula is C28H29FN5OP. The molecule has 0 spiro atoms. The minimum absolute atomic E-state index is 0.230. The number of aromatic nitrogens is 2. The number of pyridine rings is 1. The van der Waals surface area contributed by atoms with Crippen LogP contribution < -0.4 is 11.2 Å². The number of hydrogen-bond donors (Lipinski definition) is 2. The van der Waals surface area contributed by atoms with Crippen LogP contribution in [0.15, 0.2) is 48.5 Å². The molecule has 0 radical (unpaired) electrons. The van der Waals surface area contributed by atoms with E-state index in [1.165, 1.54) is 18.3 Å². The number of nitrogens with zero attached hydrogens (tertiary/aromatic N) is 3. The SMILES string of the molecule is Cc1nc(P(C)(C)=O)ccc1-c1c(C(C)(C)CC#N)n(-c2ccc(F)cc2)c2cc(C=N)c(N)cc12. The van der Waals surface area contributed by atoms with Gasteiger partial charge >= 0.3 is 0 Å². The summed E-state index contributed by atoms with van der Waals surface area (Å²) in [5.41, 5.74) is 12.0. The molecule has 3 N–H and O–H groups in total. The minimum atomic E-state index is -2.57. The Morgan fingerprint density at radius 1 is 1.19 bits per heavy atom. The summed E-state index contributed by atoms with van der Waals surface area (Å²) in [6.45, 7) is 9.26. The Bertz CT molecular complexity index is 1590. The maximum atomic E-state index is 13.9. The highest BCUT2D eigenvalue weighted by atomic mass is 31.2. The minimum Gasteiger partial charge on any atom is -0.398 e. The molecule has 0 saturated heterocycles. The number of nitrogens with two attached hydrogens (primary N) is 1. The molecule has 36 heavy (non-hydrogen) atoms. The van der Waals surface area contributed by atoms with Crippen LogP contribution in [0.2, 0.25) is 0 Å². The molecular weight excluding hydrogens is 472 g/mol. The number of aryl methyl sites for hydroxylation is 1. The van der Waals surface area contributed by atoms with E-state index < -0.39 is 12.6 Å². The van der Waals surface area contributed by atoms with Crippen LogP contribution in [-0.4, -0.2) is 29.1 Å². The molecule has 0 aliphatic heterocycles. The molecule has 4 rings (SSSR count). The Morgan fingerprint density at radius 3 is 2.42 bits per heavy atom. The van der Waals surface area contributed by atoms with Gasteiger partial charge in [-0.1, -0.05) is 19.9 Å². The summed E-state index contributed by atoms with van der Waals surface area (Å²) in [5, 5.41) is 18.4. The quantitative estimate of drug-likeness (QED) is 0.187. The van der Waals surface area contributed by atoms with Crippen molar-refractivity contribution in [1.82, 2.24) is 9.55 Å². The van der Waals surface area contributed by atoms with Crippen molar-refractivity contribution in [3.8, 4) is 22.9 Å². The maximum Gasteiger partial charge on any atom is 0.127 e. The molecule has 0 amide bonds. The van der Waals surface area contributed by atoms with E-state index in [9.17, 15) is 14.2 Å². The average Bonchev–Trinajstić information content (AvgIpc) is 3.13. The maximum absolute atomic E-state index is 13.9. The Hall–Kier alpha value is -3.75. The number of hydrogen-bond acceptors (Lipinski definition) is 5. The van der Waals surface area contributed by atoms with Gasteiger partial charge in [-0.3, -0.25) is 0 Å². The topological polar surface area (TPSA) is 109 Å². The van der Waals surface area contributed by atoms with Gasteiger partial charge in [-0.2, -0.15) is 5.26 Å². The fraction of sp³-hybridized carbons (Fsp3) is 0.250. The molecule has 4 aromatic rings. The third-order valence-electron chi connectivity index (χ3n) is 6.47. The molecule has 0 unspecified atom stereocenters. The molecule has 0 aliphatic carbocycles. The third kappa shape index (κ3) is 4.34. The van der Waals surface area contributed by atoms with Crippen molar-refractivity contribution in [3.05, 3.63) is 71.3 Å². The lowest BCUT2D eigenvalue weighted by molar-refractivity contribution is 0.516. The van der Waals surface area contributed by atoms with Crippen molar-refractivity contribution in [2.45, 2.75) is 32.6 Å². The Kier molecular flexibility index (Phi) is 6.36. The lowest BCUT2D eigenvalue weighted by atomic mass is 9.81. The summed E-state index contributed by atoms with van der Waals surface area (Å²) in [5.74, 6) is -0.350. The number of fused-ring (bicyclic) bond motifs is 1. The lowest BCUT2D eigenvalue weighted by Gasteiger charge is -2.27. The molecule has 6 nitrogen and oxygen atoms in total. The molecule has 0 fully saturated rings. The Balaban J connectivity index is 2.23. The van der Waals surface area contributed by atoms with Gasteiger partial charge in [-0.25, -0.2) is 9.37 Å². The van der Waals surface area contributed by atoms with Crippen LogP contribution in [-0.2, 0) is 9.98 Å². The zero-order valence-corrected chi connectivity index (χ0v) is 22.0. The first-order valence-corrected chi connectivity index (χ1v) is 14.1. The van der Waals surface area contributed by atoms with Gasteiger partial charge in [0.1, 0.15) is 13.0 Å². The summed E-state index contributed by atoms with van der Waals surface area (Å²) >= 11 is 0. The van der Waals surface area contributed by atoms with Crippen LogP contribution in [0.1, 0.15) is 37.2 Å². The second-order valence-corrected chi connectivity index (χ2v) is 13.2. The zero-order chi connectivity index (χ0) is 26.4. The standard InChI is InChI=1S/C28H29FN5OP/c1-17-21(10-11-25(33-17)36(4,5)35)26-22-15-23(32)18(16-31)14-24(22)34(20-8-6-19(29)7-9-20)27(26)28(2,3)12-13-30/h6-11,14-16,31H,12,32H2,1-5H3. The first kappa shape index (κ1) is 25.3. The Morgan fingerprint density at radius 2 is 1.86 bits per heavy atom. The molecule has 8 heteroatoms. The number of nitrogen functional groups attached to an aromatic ring is 1. The van der Waals surface area contributed by atoms with Crippen molar-refractivity contribution in [1.29, 1.82) is 10.7 Å². The third-order valence-corrected chi connectivity index (χ3v) is 7.82. The Labute approximate surface area is 210 Å². The number of halogens is 1. The smallest absolute Gasteiger partial charge is 0.127 e.